The van der Waals surface area contributed by atoms with Gasteiger partial charge in [0.1, 0.15) is 12.8 Å². The summed E-state index contributed by atoms with van der Waals surface area (Å²) in [6, 6.07) is 9.53. The number of allylic oxidation sites excluding steroid dienone is 2. The molecule has 2 heterocycles. The highest BCUT2D eigenvalue weighted by molar-refractivity contribution is 6.76. The molecule has 4 rings (SSSR count). The standard InChI is InChI=1S/C30H41N5O3Si/c1-33-18-25(19-34(2)30(33)37)23-11-12-24(27(15-23)22-9-7-6-8-10-22)16-28(36)29-32-26(17-31)20-35(29)21-38-13-14-39(3,4)5/h9,11-12,15,20,25H,6-8,10,13-14,16,18-19,21H2,1-5H3. The molecule has 0 bridgehead atoms. The summed E-state index contributed by atoms with van der Waals surface area (Å²) in [5, 5.41) is 9.44. The molecule has 0 spiro atoms. The molecule has 0 saturated carbocycles. The van der Waals surface area contributed by atoms with E-state index in [4.69, 9.17) is 4.74 Å². The maximum Gasteiger partial charge on any atom is 0.319 e. The van der Waals surface area contributed by atoms with E-state index < -0.39 is 8.07 Å². The Bertz CT molecular complexity index is 1270. The third-order valence-electron chi connectivity index (χ3n) is 7.60. The van der Waals surface area contributed by atoms with E-state index in [1.807, 2.05) is 14.1 Å². The summed E-state index contributed by atoms with van der Waals surface area (Å²) < 4.78 is 7.55. The van der Waals surface area contributed by atoms with Crippen LogP contribution in [0.3, 0.4) is 0 Å². The number of benzene rings is 1. The molecule has 39 heavy (non-hydrogen) atoms. The Labute approximate surface area is 233 Å². The van der Waals surface area contributed by atoms with Crippen molar-refractivity contribution >= 4 is 25.5 Å². The zero-order valence-corrected chi connectivity index (χ0v) is 25.0. The Kier molecular flexibility index (Phi) is 9.08. The third-order valence-corrected chi connectivity index (χ3v) is 9.31. The van der Waals surface area contributed by atoms with Crippen molar-refractivity contribution in [3.8, 4) is 6.07 Å². The van der Waals surface area contributed by atoms with Crippen molar-refractivity contribution in [3.05, 3.63) is 58.7 Å². The molecule has 1 fully saturated rings. The molecular formula is C30H41N5O3Si. The van der Waals surface area contributed by atoms with E-state index in [-0.39, 0.29) is 42.4 Å². The smallest absolute Gasteiger partial charge is 0.319 e. The fourth-order valence-electron chi connectivity index (χ4n) is 5.35. The minimum Gasteiger partial charge on any atom is -0.361 e. The average Bonchev–Trinajstić information content (AvgIpc) is 3.33. The number of amides is 2. The molecular weight excluding hydrogens is 506 g/mol. The summed E-state index contributed by atoms with van der Waals surface area (Å²) in [4.78, 5) is 33.7. The van der Waals surface area contributed by atoms with Gasteiger partial charge in [-0.3, -0.25) is 4.79 Å². The van der Waals surface area contributed by atoms with E-state index in [9.17, 15) is 14.9 Å². The number of carbonyl (C=O) groups is 2. The van der Waals surface area contributed by atoms with Crippen LogP contribution in [0.1, 0.15) is 64.6 Å². The summed E-state index contributed by atoms with van der Waals surface area (Å²) >= 11 is 0. The van der Waals surface area contributed by atoms with Crippen LogP contribution in [0.15, 0.2) is 30.5 Å². The molecule has 0 N–H and O–H groups in total. The van der Waals surface area contributed by atoms with E-state index in [0.29, 0.717) is 19.7 Å². The first kappa shape index (κ1) is 28.8. The lowest BCUT2D eigenvalue weighted by atomic mass is 9.85. The van der Waals surface area contributed by atoms with Gasteiger partial charge in [0, 0.05) is 60.4 Å². The van der Waals surface area contributed by atoms with Crippen LogP contribution >= 0.6 is 0 Å². The number of likely N-dealkylation sites (N-methyl/N-ethyl adjacent to an activating group) is 2. The van der Waals surface area contributed by atoms with E-state index >= 15 is 0 Å². The minimum absolute atomic E-state index is 0.0420. The van der Waals surface area contributed by atoms with E-state index in [0.717, 1.165) is 36.4 Å². The lowest BCUT2D eigenvalue weighted by Crippen LogP contribution is -2.48. The normalized spacial score (nSPS) is 16.8. The van der Waals surface area contributed by atoms with Crippen molar-refractivity contribution < 1.29 is 14.3 Å². The van der Waals surface area contributed by atoms with Gasteiger partial charge in [0.15, 0.2) is 11.5 Å². The molecule has 2 aromatic rings. The van der Waals surface area contributed by atoms with Gasteiger partial charge in [0.25, 0.3) is 0 Å². The van der Waals surface area contributed by atoms with Gasteiger partial charge in [-0.25, -0.2) is 9.78 Å². The highest BCUT2D eigenvalue weighted by Gasteiger charge is 2.29. The first-order valence-corrected chi connectivity index (χ1v) is 17.6. The zero-order chi connectivity index (χ0) is 28.2. The fraction of sp³-hybridized carbons (Fsp3) is 0.533. The second-order valence-corrected chi connectivity index (χ2v) is 17.7. The number of hydrogen-bond acceptors (Lipinski definition) is 5. The molecule has 208 valence electrons. The van der Waals surface area contributed by atoms with Gasteiger partial charge >= 0.3 is 6.03 Å². The van der Waals surface area contributed by atoms with Crippen molar-refractivity contribution in [3.63, 3.8) is 0 Å². The predicted octanol–water partition coefficient (Wildman–Crippen LogP) is 5.53. The SMILES string of the molecule is CN1CC(c2ccc(CC(=O)c3nc(C#N)cn3COCC[Si](C)(C)C)c(C3=CCCCC3)c2)CN(C)C1=O. The van der Waals surface area contributed by atoms with Crippen molar-refractivity contribution in [1.82, 2.24) is 19.4 Å². The molecule has 1 aromatic carbocycles. The molecule has 0 radical (unpaired) electrons. The molecule has 2 amide bonds. The Morgan fingerprint density at radius 1 is 1.18 bits per heavy atom. The Balaban J connectivity index is 1.58. The van der Waals surface area contributed by atoms with Crippen LogP contribution in [0.5, 0.6) is 0 Å². The highest BCUT2D eigenvalue weighted by Crippen LogP contribution is 2.33. The van der Waals surface area contributed by atoms with Crippen molar-refractivity contribution in [2.75, 3.05) is 33.8 Å². The van der Waals surface area contributed by atoms with Crippen LogP contribution in [0.2, 0.25) is 25.7 Å². The lowest BCUT2D eigenvalue weighted by Gasteiger charge is -2.36. The lowest BCUT2D eigenvalue weighted by molar-refractivity contribution is 0.0799. The Morgan fingerprint density at radius 2 is 1.92 bits per heavy atom. The van der Waals surface area contributed by atoms with Crippen LogP contribution < -0.4 is 0 Å². The number of rotatable bonds is 10. The van der Waals surface area contributed by atoms with Gasteiger partial charge in [-0.15, -0.1) is 0 Å². The average molecular weight is 548 g/mol. The topological polar surface area (TPSA) is 91.5 Å². The van der Waals surface area contributed by atoms with Gasteiger partial charge in [-0.2, -0.15) is 5.26 Å². The Morgan fingerprint density at radius 3 is 2.56 bits per heavy atom. The number of carbonyl (C=O) groups excluding carboxylic acids is 2. The summed E-state index contributed by atoms with van der Waals surface area (Å²) in [5.74, 6) is 0.343. The number of nitrogens with zero attached hydrogens (tertiary/aromatic N) is 5. The van der Waals surface area contributed by atoms with Crippen LogP contribution in [0.4, 0.5) is 4.79 Å². The molecule has 2 aliphatic rings. The molecule has 1 aromatic heterocycles. The van der Waals surface area contributed by atoms with Gasteiger partial charge in [-0.05, 0) is 54.0 Å². The first-order valence-electron chi connectivity index (χ1n) is 13.9. The maximum absolute atomic E-state index is 13.6. The van der Waals surface area contributed by atoms with Gasteiger partial charge in [0.05, 0.1) is 0 Å². The molecule has 8 nitrogen and oxygen atoms in total. The van der Waals surface area contributed by atoms with Crippen molar-refractivity contribution in [1.29, 1.82) is 5.26 Å². The van der Waals surface area contributed by atoms with Crippen molar-refractivity contribution in [2.24, 2.45) is 0 Å². The van der Waals surface area contributed by atoms with E-state index in [2.05, 4.69) is 55.0 Å². The summed E-state index contributed by atoms with van der Waals surface area (Å²) in [6.07, 6.45) is 8.47. The van der Waals surface area contributed by atoms with Crippen LogP contribution in [-0.4, -0.2) is 73.0 Å². The van der Waals surface area contributed by atoms with Gasteiger partial charge in [-0.1, -0.05) is 43.9 Å². The molecule has 9 heteroatoms. The van der Waals surface area contributed by atoms with Crippen LogP contribution in [-0.2, 0) is 17.9 Å². The highest BCUT2D eigenvalue weighted by atomic mass is 28.3. The number of urea groups is 1. The maximum atomic E-state index is 13.6. The minimum atomic E-state index is -1.23. The third kappa shape index (κ3) is 7.25. The predicted molar refractivity (Wildman–Crippen MR) is 155 cm³/mol. The number of Topliss-reactive ketones (excluding diaryl/α,β-unsaturated/α-hetero) is 1. The Hall–Kier alpha value is -3.22. The largest absolute Gasteiger partial charge is 0.361 e. The second kappa shape index (κ2) is 12.3. The molecule has 1 saturated heterocycles. The van der Waals surface area contributed by atoms with Crippen molar-refractivity contribution in [2.45, 2.75) is 70.4 Å². The zero-order valence-electron chi connectivity index (χ0n) is 24.0. The van der Waals surface area contributed by atoms with E-state index in [1.165, 1.54) is 17.6 Å². The number of hydrogen-bond donors (Lipinski definition) is 0. The number of aromatic nitrogens is 2. The van der Waals surface area contributed by atoms with Crippen LogP contribution in [0.25, 0.3) is 5.57 Å². The number of nitriles is 1. The summed E-state index contributed by atoms with van der Waals surface area (Å²) in [6.45, 7) is 9.07. The fourth-order valence-corrected chi connectivity index (χ4v) is 6.10. The number of imidazole rings is 1. The first-order chi connectivity index (χ1) is 18.6. The molecule has 1 aliphatic carbocycles. The summed E-state index contributed by atoms with van der Waals surface area (Å²) in [7, 11) is 2.45. The van der Waals surface area contributed by atoms with Gasteiger partial charge < -0.3 is 19.1 Å². The molecule has 0 atom stereocenters. The van der Waals surface area contributed by atoms with Crippen LogP contribution in [0, 0.1) is 11.3 Å². The number of ether oxygens (including phenoxy) is 1. The monoisotopic (exact) mass is 547 g/mol. The summed E-state index contributed by atoms with van der Waals surface area (Å²) in [5.41, 5.74) is 4.78. The number of ketones is 1. The molecule has 1 aliphatic heterocycles. The molecule has 0 unspecified atom stereocenters. The van der Waals surface area contributed by atoms with Gasteiger partial charge in [0.2, 0.25) is 5.78 Å². The quantitative estimate of drug-likeness (QED) is 0.222. The second-order valence-electron chi connectivity index (χ2n) is 12.1. The van der Waals surface area contributed by atoms with E-state index in [1.54, 1.807) is 20.6 Å².